The molecule has 1 atom stereocenters. The molecule has 0 saturated heterocycles. The number of hydrogen-bond donors (Lipinski definition) is 0. The highest BCUT2D eigenvalue weighted by Gasteiger charge is 2.12. The van der Waals surface area contributed by atoms with Crippen molar-refractivity contribution in [3.63, 3.8) is 0 Å². The molecule has 4 heteroatoms. The molecule has 1 unspecified atom stereocenters. The van der Waals surface area contributed by atoms with Crippen molar-refractivity contribution in [3.8, 4) is 0 Å². The Morgan fingerprint density at radius 1 is 1.25 bits per heavy atom. The molecule has 66 valence electrons. The third-order valence-corrected chi connectivity index (χ3v) is 2.27. The molecule has 0 aromatic heterocycles. The van der Waals surface area contributed by atoms with Gasteiger partial charge < -0.3 is 0 Å². The van der Waals surface area contributed by atoms with E-state index in [1.165, 1.54) is 0 Å². The van der Waals surface area contributed by atoms with Gasteiger partial charge in [0.2, 0.25) is 0 Å². The van der Waals surface area contributed by atoms with Gasteiger partial charge in [-0.25, -0.2) is 13.2 Å². The zero-order valence-corrected chi connectivity index (χ0v) is 8.87. The van der Waals surface area contributed by atoms with E-state index < -0.39 is 17.5 Å². The Hall–Kier alpha value is -0.773. The molecular weight excluding hydrogens is 181 g/mol. The summed E-state index contributed by atoms with van der Waals surface area (Å²) in [5, 5.41) is 0. The van der Waals surface area contributed by atoms with Crippen LogP contribution in [0, 0.1) is 17.5 Å². The highest BCUT2D eigenvalue weighted by molar-refractivity contribution is 6.12. The van der Waals surface area contributed by atoms with Crippen molar-refractivity contribution >= 4 is 10.2 Å². The first kappa shape index (κ1) is 9.32. The summed E-state index contributed by atoms with van der Waals surface area (Å²) in [6, 6.07) is 1.61. The fourth-order valence-electron chi connectivity index (χ4n) is 0.996. The minimum absolute atomic E-state index is 0.0739. The molecule has 0 saturated carbocycles. The third-order valence-electron chi connectivity index (χ3n) is 1.64. The maximum absolute atomic E-state index is 12.9. The molecule has 0 fully saturated rings. The van der Waals surface area contributed by atoms with Gasteiger partial charge in [0.1, 0.15) is 5.82 Å². The van der Waals surface area contributed by atoms with Gasteiger partial charge >= 0.3 is 0 Å². The summed E-state index contributed by atoms with van der Waals surface area (Å²) in [7, 11) is 0.678. The molecular formula is C8H9F3Si. The zero-order valence-electron chi connectivity index (χ0n) is 6.87. The lowest BCUT2D eigenvalue weighted by Gasteiger charge is -2.06. The van der Waals surface area contributed by atoms with Crippen LogP contribution in [0.3, 0.4) is 0 Å². The molecule has 1 aromatic rings. The van der Waals surface area contributed by atoms with Gasteiger partial charge in [-0.2, -0.15) is 0 Å². The Morgan fingerprint density at radius 3 is 2.33 bits per heavy atom. The number of benzene rings is 1. The highest BCUT2D eigenvalue weighted by atomic mass is 28.1. The Bertz CT molecular complexity index is 297. The van der Waals surface area contributed by atoms with Gasteiger partial charge in [-0.15, -0.1) is 0 Å². The van der Waals surface area contributed by atoms with Gasteiger partial charge in [-0.3, -0.25) is 0 Å². The van der Waals surface area contributed by atoms with Crippen LogP contribution >= 0.6 is 0 Å². The minimum Gasteiger partial charge on any atom is -0.207 e. The molecule has 0 N–H and O–H groups in total. The van der Waals surface area contributed by atoms with Crippen molar-refractivity contribution in [2.75, 3.05) is 0 Å². The van der Waals surface area contributed by atoms with Gasteiger partial charge in [-0.05, 0) is 17.2 Å². The SMILES string of the molecule is CC([SiH3])c1cc(F)cc(F)c1F. The van der Waals surface area contributed by atoms with Crippen LogP contribution < -0.4 is 0 Å². The lowest BCUT2D eigenvalue weighted by Crippen LogP contribution is -2.00. The van der Waals surface area contributed by atoms with Gasteiger partial charge in [0.25, 0.3) is 0 Å². The van der Waals surface area contributed by atoms with Crippen LogP contribution in [0.25, 0.3) is 0 Å². The summed E-state index contributed by atoms with van der Waals surface area (Å²) < 4.78 is 38.1. The second-order valence-corrected chi connectivity index (χ2v) is 4.68. The van der Waals surface area contributed by atoms with Crippen LogP contribution in [0.2, 0.25) is 0 Å². The lowest BCUT2D eigenvalue weighted by molar-refractivity contribution is 0.485. The fraction of sp³-hybridized carbons (Fsp3) is 0.250. The average Bonchev–Trinajstić information content (AvgIpc) is 1.96. The quantitative estimate of drug-likeness (QED) is 0.465. The van der Waals surface area contributed by atoms with E-state index in [9.17, 15) is 13.2 Å². The largest absolute Gasteiger partial charge is 0.207 e. The average molecular weight is 190 g/mol. The van der Waals surface area contributed by atoms with Crippen LogP contribution in [0.5, 0.6) is 0 Å². The molecule has 0 aliphatic heterocycles. The summed E-state index contributed by atoms with van der Waals surface area (Å²) in [6.45, 7) is 1.74. The van der Waals surface area contributed by atoms with E-state index in [4.69, 9.17) is 0 Å². The first-order valence-electron chi connectivity index (χ1n) is 3.67. The summed E-state index contributed by atoms with van der Waals surface area (Å²) in [5.41, 5.74) is 0.0642. The Balaban J connectivity index is 3.28. The summed E-state index contributed by atoms with van der Waals surface area (Å²) in [6.07, 6.45) is 0. The number of halogens is 3. The molecule has 0 aliphatic carbocycles. The van der Waals surface area contributed by atoms with Crippen LogP contribution in [0.15, 0.2) is 12.1 Å². The second-order valence-electron chi connectivity index (χ2n) is 2.95. The predicted octanol–water partition coefficient (Wildman–Crippen LogP) is 1.53. The van der Waals surface area contributed by atoms with Crippen molar-refractivity contribution < 1.29 is 13.2 Å². The summed E-state index contributed by atoms with van der Waals surface area (Å²) >= 11 is 0. The molecule has 0 amide bonds. The third kappa shape index (κ3) is 1.69. The maximum Gasteiger partial charge on any atom is 0.162 e. The van der Waals surface area contributed by atoms with Gasteiger partial charge in [0, 0.05) is 16.3 Å². The monoisotopic (exact) mass is 190 g/mol. The Morgan fingerprint density at radius 2 is 1.83 bits per heavy atom. The van der Waals surface area contributed by atoms with E-state index in [0.29, 0.717) is 16.3 Å². The van der Waals surface area contributed by atoms with E-state index in [1.807, 2.05) is 0 Å². The van der Waals surface area contributed by atoms with Crippen molar-refractivity contribution in [1.29, 1.82) is 0 Å². The van der Waals surface area contributed by atoms with Gasteiger partial charge in [0.15, 0.2) is 11.6 Å². The molecule has 0 aliphatic rings. The van der Waals surface area contributed by atoms with E-state index in [1.54, 1.807) is 6.92 Å². The first-order valence-corrected chi connectivity index (χ1v) is 4.82. The molecule has 0 radical (unpaired) electrons. The second kappa shape index (κ2) is 3.31. The van der Waals surface area contributed by atoms with E-state index in [2.05, 4.69) is 0 Å². The van der Waals surface area contributed by atoms with Crippen LogP contribution in [0.1, 0.15) is 18.0 Å². The molecule has 0 nitrogen and oxygen atoms in total. The Kier molecular flexibility index (Phi) is 2.57. The van der Waals surface area contributed by atoms with Crippen LogP contribution in [0.4, 0.5) is 13.2 Å². The molecule has 1 aromatic carbocycles. The van der Waals surface area contributed by atoms with Crippen LogP contribution in [-0.2, 0) is 0 Å². The lowest BCUT2D eigenvalue weighted by atomic mass is 10.1. The van der Waals surface area contributed by atoms with Gasteiger partial charge in [-0.1, -0.05) is 6.92 Å². The summed E-state index contributed by atoms with van der Waals surface area (Å²) in [4.78, 5) is 0. The zero-order chi connectivity index (χ0) is 9.30. The molecule has 12 heavy (non-hydrogen) atoms. The number of hydrogen-bond acceptors (Lipinski definition) is 0. The minimum atomic E-state index is -1.10. The molecule has 0 bridgehead atoms. The van der Waals surface area contributed by atoms with Crippen molar-refractivity contribution in [3.05, 3.63) is 35.1 Å². The normalized spacial score (nSPS) is 13.3. The first-order chi connectivity index (χ1) is 5.52. The van der Waals surface area contributed by atoms with Crippen molar-refractivity contribution in [2.45, 2.75) is 12.5 Å². The summed E-state index contributed by atoms with van der Waals surface area (Å²) in [5.74, 6) is -2.74. The fourth-order valence-corrected chi connectivity index (χ4v) is 1.42. The highest BCUT2D eigenvalue weighted by Crippen LogP contribution is 2.19. The van der Waals surface area contributed by atoms with Crippen molar-refractivity contribution in [1.82, 2.24) is 0 Å². The van der Waals surface area contributed by atoms with E-state index in [0.717, 1.165) is 6.07 Å². The predicted molar refractivity (Wildman–Crippen MR) is 44.7 cm³/mol. The maximum atomic E-state index is 12.9. The van der Waals surface area contributed by atoms with E-state index >= 15 is 0 Å². The topological polar surface area (TPSA) is 0 Å². The number of rotatable bonds is 1. The van der Waals surface area contributed by atoms with Crippen molar-refractivity contribution in [2.24, 2.45) is 0 Å². The molecule has 1 rings (SSSR count). The standard InChI is InChI=1S/C8H9F3Si/c1-4(12)6-2-5(9)3-7(10)8(6)11/h2-4H,1,12H3. The molecule has 0 heterocycles. The Labute approximate surface area is 71.8 Å². The van der Waals surface area contributed by atoms with E-state index in [-0.39, 0.29) is 11.1 Å². The molecule has 0 spiro atoms. The smallest absolute Gasteiger partial charge is 0.162 e. The van der Waals surface area contributed by atoms with Gasteiger partial charge in [0.05, 0.1) is 0 Å². The van der Waals surface area contributed by atoms with Crippen LogP contribution in [-0.4, -0.2) is 10.2 Å².